The minimum Gasteiger partial charge on any atom is -0.497 e. The molecule has 0 fully saturated rings. The van der Waals surface area contributed by atoms with E-state index >= 15 is 0 Å². The van der Waals surface area contributed by atoms with Crippen molar-refractivity contribution in [3.8, 4) is 23.0 Å². The normalized spacial score (nSPS) is 13.7. The van der Waals surface area contributed by atoms with Gasteiger partial charge in [0.25, 0.3) is 0 Å². The number of fused-ring (bicyclic) bond motifs is 1. The first-order chi connectivity index (χ1) is 20.2. The van der Waals surface area contributed by atoms with E-state index < -0.39 is 5.60 Å². The zero-order valence-corrected chi connectivity index (χ0v) is 26.0. The van der Waals surface area contributed by atoms with Gasteiger partial charge in [0.1, 0.15) is 23.7 Å². The Hall–Kier alpha value is -3.81. The maximum absolute atomic E-state index is 13.9. The second-order valence-corrected chi connectivity index (χ2v) is 11.9. The molecule has 0 radical (unpaired) electrons. The number of Topliss-reactive ketones (excluding diaryl/α,β-unsaturated/α-hetero) is 1. The molecule has 6 nitrogen and oxygen atoms in total. The van der Waals surface area contributed by atoms with Crippen molar-refractivity contribution in [2.45, 2.75) is 31.9 Å². The Labute approximate surface area is 256 Å². The van der Waals surface area contributed by atoms with Crippen LogP contribution in [0.1, 0.15) is 46.9 Å². The lowest BCUT2D eigenvalue weighted by molar-refractivity contribution is 0.0212. The molecule has 42 heavy (non-hydrogen) atoms. The molecule has 0 N–H and O–H groups in total. The lowest BCUT2D eigenvalue weighted by Crippen LogP contribution is -2.39. The van der Waals surface area contributed by atoms with Crippen LogP contribution in [0.2, 0.25) is 0 Å². The number of carbonyl (C=O) groups is 1. The van der Waals surface area contributed by atoms with E-state index in [1.807, 2.05) is 62.4 Å². The van der Waals surface area contributed by atoms with Crippen molar-refractivity contribution in [3.63, 3.8) is 0 Å². The van der Waals surface area contributed by atoms with Gasteiger partial charge in [0.05, 0.1) is 26.8 Å². The number of ketones is 1. The largest absolute Gasteiger partial charge is 0.497 e. The highest BCUT2D eigenvalue weighted by Crippen LogP contribution is 2.37. The Morgan fingerprint density at radius 1 is 0.857 bits per heavy atom. The van der Waals surface area contributed by atoms with E-state index in [1.165, 1.54) is 5.56 Å². The zero-order valence-electron chi connectivity index (χ0n) is 24.4. The number of hydrogen-bond donors (Lipinski definition) is 0. The van der Waals surface area contributed by atoms with E-state index in [-0.39, 0.29) is 18.4 Å². The number of halogens is 1. The van der Waals surface area contributed by atoms with Crippen LogP contribution in [0.3, 0.4) is 0 Å². The molecule has 0 saturated carbocycles. The van der Waals surface area contributed by atoms with Crippen LogP contribution in [-0.4, -0.2) is 50.2 Å². The number of hydrogen-bond acceptors (Lipinski definition) is 6. The maximum atomic E-state index is 13.9. The molecule has 7 heteroatoms. The number of benzene rings is 4. The van der Waals surface area contributed by atoms with E-state index in [0.717, 1.165) is 33.5 Å². The summed E-state index contributed by atoms with van der Waals surface area (Å²) in [6, 6.07) is 29.7. The topological polar surface area (TPSA) is 57.2 Å². The summed E-state index contributed by atoms with van der Waals surface area (Å²) in [6.07, 6.45) is 0.777. The fourth-order valence-electron chi connectivity index (χ4n) is 5.14. The number of ether oxygens (including phenoxy) is 4. The van der Waals surface area contributed by atoms with Crippen LogP contribution < -0.4 is 18.9 Å². The smallest absolute Gasteiger partial charge is 0.176 e. The molecule has 1 aliphatic rings. The Kier molecular flexibility index (Phi) is 9.19. The van der Waals surface area contributed by atoms with Gasteiger partial charge in [0, 0.05) is 16.6 Å². The van der Waals surface area contributed by atoms with E-state index in [9.17, 15) is 4.79 Å². The van der Waals surface area contributed by atoms with Gasteiger partial charge in [-0.2, -0.15) is 0 Å². The van der Waals surface area contributed by atoms with Gasteiger partial charge in [-0.3, -0.25) is 9.69 Å². The fourth-order valence-corrected chi connectivity index (χ4v) is 5.41. The van der Waals surface area contributed by atoms with Crippen molar-refractivity contribution in [1.82, 2.24) is 4.90 Å². The molecule has 0 aromatic heterocycles. The molecule has 0 amide bonds. The quantitative estimate of drug-likeness (QED) is 0.160. The Morgan fingerprint density at radius 3 is 2.02 bits per heavy atom. The third-order valence-electron chi connectivity index (χ3n) is 7.40. The predicted octanol–water partition coefficient (Wildman–Crippen LogP) is 7.53. The molecule has 1 aliphatic heterocycles. The summed E-state index contributed by atoms with van der Waals surface area (Å²) in [4.78, 5) is 16.2. The molecule has 218 valence electrons. The molecule has 0 atom stereocenters. The third kappa shape index (κ3) is 7.15. The van der Waals surface area contributed by atoms with Crippen molar-refractivity contribution in [2.24, 2.45) is 0 Å². The van der Waals surface area contributed by atoms with E-state index in [2.05, 4.69) is 57.2 Å². The van der Waals surface area contributed by atoms with Crippen LogP contribution in [0.25, 0.3) is 0 Å². The van der Waals surface area contributed by atoms with E-state index in [4.69, 9.17) is 18.9 Å². The van der Waals surface area contributed by atoms with Crippen molar-refractivity contribution in [3.05, 3.63) is 118 Å². The van der Waals surface area contributed by atoms with Crippen LogP contribution >= 0.6 is 15.9 Å². The maximum Gasteiger partial charge on any atom is 0.176 e. The summed E-state index contributed by atoms with van der Waals surface area (Å²) in [7, 11) is 3.32. The third-order valence-corrected chi connectivity index (χ3v) is 7.93. The monoisotopic (exact) mass is 629 g/mol. The van der Waals surface area contributed by atoms with Gasteiger partial charge in [-0.05, 0) is 91.6 Å². The average molecular weight is 631 g/mol. The summed E-state index contributed by atoms with van der Waals surface area (Å²) >= 11 is 3.53. The molecule has 0 aliphatic carbocycles. The van der Waals surface area contributed by atoms with Crippen LogP contribution in [0.15, 0.2) is 95.5 Å². The summed E-state index contributed by atoms with van der Waals surface area (Å²) in [5.41, 5.74) is 3.50. The lowest BCUT2D eigenvalue weighted by Gasteiger charge is -2.33. The Balaban J connectivity index is 1.49. The standard InChI is InChI=1S/C35H36BrNO5/c1-35(2)23-41-33-21-27(11-18-32(33)42-35)31(38)22-37(20-19-24-5-12-28(36)13-6-24)34(25-7-14-29(39-3)15-8-25)26-9-16-30(40-4)17-10-26/h5-18,21,34H,19-20,22-23H2,1-4H3. The number of rotatable bonds is 11. The molecule has 4 aromatic rings. The molecule has 1 heterocycles. The number of nitrogens with zero attached hydrogens (tertiary/aromatic N) is 1. The van der Waals surface area contributed by atoms with Gasteiger partial charge in [0.2, 0.25) is 0 Å². The summed E-state index contributed by atoms with van der Waals surface area (Å²) in [5.74, 6) is 2.83. The average Bonchev–Trinajstić information content (AvgIpc) is 3.00. The van der Waals surface area contributed by atoms with Crippen LogP contribution in [0.4, 0.5) is 0 Å². The van der Waals surface area contributed by atoms with E-state index in [1.54, 1.807) is 20.3 Å². The fraction of sp³-hybridized carbons (Fsp3) is 0.286. The first-order valence-corrected chi connectivity index (χ1v) is 14.8. The number of methoxy groups -OCH3 is 2. The highest BCUT2D eigenvalue weighted by Gasteiger charge is 2.30. The van der Waals surface area contributed by atoms with Gasteiger partial charge in [0.15, 0.2) is 17.3 Å². The molecule has 4 aromatic carbocycles. The second kappa shape index (κ2) is 13.0. The van der Waals surface area contributed by atoms with Crippen LogP contribution in [0.5, 0.6) is 23.0 Å². The summed E-state index contributed by atoms with van der Waals surface area (Å²) in [6.45, 7) is 5.26. The summed E-state index contributed by atoms with van der Waals surface area (Å²) in [5, 5.41) is 0. The molecule has 0 unspecified atom stereocenters. The zero-order chi connectivity index (χ0) is 29.7. The number of carbonyl (C=O) groups excluding carboxylic acids is 1. The first kappa shape index (κ1) is 29.7. The highest BCUT2D eigenvalue weighted by atomic mass is 79.9. The Morgan fingerprint density at radius 2 is 1.45 bits per heavy atom. The Bertz CT molecular complexity index is 1450. The summed E-state index contributed by atoms with van der Waals surface area (Å²) < 4.78 is 23.9. The van der Waals surface area contributed by atoms with Crippen LogP contribution in [0, 0.1) is 0 Å². The minimum absolute atomic E-state index is 0.00839. The minimum atomic E-state index is -0.410. The van der Waals surface area contributed by atoms with Gasteiger partial charge in [-0.15, -0.1) is 0 Å². The molecular weight excluding hydrogens is 594 g/mol. The van der Waals surface area contributed by atoms with Crippen LogP contribution in [-0.2, 0) is 6.42 Å². The SMILES string of the molecule is COc1ccc(C(c2ccc(OC)cc2)N(CCc2ccc(Br)cc2)CC(=O)c2ccc3c(c2)OCC(C)(C)O3)cc1. The molecule has 0 bridgehead atoms. The lowest BCUT2D eigenvalue weighted by atomic mass is 9.95. The van der Waals surface area contributed by atoms with Gasteiger partial charge in [-0.1, -0.05) is 52.3 Å². The molecule has 5 rings (SSSR count). The highest BCUT2D eigenvalue weighted by molar-refractivity contribution is 9.10. The van der Waals surface area contributed by atoms with Gasteiger partial charge in [-0.25, -0.2) is 0 Å². The molecule has 0 saturated heterocycles. The van der Waals surface area contributed by atoms with Gasteiger partial charge < -0.3 is 18.9 Å². The van der Waals surface area contributed by atoms with Crippen molar-refractivity contribution in [1.29, 1.82) is 0 Å². The molecule has 0 spiro atoms. The predicted molar refractivity (Wildman–Crippen MR) is 168 cm³/mol. The molecular formula is C35H36BrNO5. The van der Waals surface area contributed by atoms with Crippen molar-refractivity contribution >= 4 is 21.7 Å². The van der Waals surface area contributed by atoms with Gasteiger partial charge >= 0.3 is 0 Å². The first-order valence-electron chi connectivity index (χ1n) is 14.0. The second-order valence-electron chi connectivity index (χ2n) is 11.0. The van der Waals surface area contributed by atoms with E-state index in [0.29, 0.717) is 30.2 Å². The van der Waals surface area contributed by atoms with Crippen molar-refractivity contribution < 1.29 is 23.7 Å². The van der Waals surface area contributed by atoms with Crippen molar-refractivity contribution in [2.75, 3.05) is 33.9 Å².